The zero-order valence-corrected chi connectivity index (χ0v) is 22.5. The highest BCUT2D eigenvalue weighted by Crippen LogP contribution is 2.55. The molecule has 2 aliphatic rings. The minimum absolute atomic E-state index is 0.0152. The number of hydrogen-bond donors (Lipinski definition) is 1. The van der Waals surface area contributed by atoms with Gasteiger partial charge in [-0.1, -0.05) is 25.0 Å². The van der Waals surface area contributed by atoms with Gasteiger partial charge in [-0.2, -0.15) is 0 Å². The minimum atomic E-state index is -0.495. The number of fused-ring (bicyclic) bond motifs is 1. The zero-order chi connectivity index (χ0) is 27.4. The third-order valence-electron chi connectivity index (χ3n) is 8.19. The van der Waals surface area contributed by atoms with E-state index in [9.17, 15) is 4.79 Å². The molecule has 1 aliphatic carbocycles. The van der Waals surface area contributed by atoms with Gasteiger partial charge in [0.15, 0.2) is 6.29 Å². The molecule has 8 nitrogen and oxygen atoms in total. The van der Waals surface area contributed by atoms with Crippen LogP contribution in [-0.2, 0) is 10.3 Å². The molecule has 0 amide bonds. The summed E-state index contributed by atoms with van der Waals surface area (Å²) < 4.78 is 7.44. The van der Waals surface area contributed by atoms with Crippen molar-refractivity contribution in [1.29, 1.82) is 0 Å². The molecule has 2 aromatic carbocycles. The van der Waals surface area contributed by atoms with Crippen LogP contribution in [0.15, 0.2) is 48.8 Å². The van der Waals surface area contributed by atoms with Crippen LogP contribution in [0.3, 0.4) is 0 Å². The maximum absolute atomic E-state index is 12.2. The van der Waals surface area contributed by atoms with Crippen molar-refractivity contribution < 1.29 is 9.53 Å². The number of nitrogens with zero attached hydrogens (tertiary/aromatic N) is 5. The largest absolute Gasteiger partial charge is 0.380 e. The Labute approximate surface area is 228 Å². The Morgan fingerprint density at radius 3 is 2.51 bits per heavy atom. The quantitative estimate of drug-likeness (QED) is 0.287. The topological polar surface area (TPSA) is 99.2 Å². The molecule has 8 heteroatoms. The van der Waals surface area contributed by atoms with E-state index < -0.39 is 5.54 Å². The summed E-state index contributed by atoms with van der Waals surface area (Å²) in [6, 6.07) is 11.5. The van der Waals surface area contributed by atoms with E-state index in [1.165, 1.54) is 0 Å². The van der Waals surface area contributed by atoms with Crippen molar-refractivity contribution in [2.24, 2.45) is 11.1 Å². The van der Waals surface area contributed by atoms with E-state index in [1.807, 2.05) is 49.3 Å². The van der Waals surface area contributed by atoms with E-state index in [0.717, 1.165) is 66.7 Å². The lowest BCUT2D eigenvalue weighted by Gasteiger charge is -2.57. The van der Waals surface area contributed by atoms with Gasteiger partial charge in [-0.15, -0.1) is 6.42 Å². The number of aldehydes is 1. The predicted molar refractivity (Wildman–Crippen MR) is 150 cm³/mol. The van der Waals surface area contributed by atoms with Crippen LogP contribution in [0.5, 0.6) is 0 Å². The van der Waals surface area contributed by atoms with Crippen LogP contribution in [0, 0.1) is 17.8 Å². The van der Waals surface area contributed by atoms with Crippen molar-refractivity contribution in [3.8, 4) is 29.2 Å². The summed E-state index contributed by atoms with van der Waals surface area (Å²) in [5.41, 5.74) is 11.7. The lowest BCUT2D eigenvalue weighted by Crippen LogP contribution is -2.64. The average molecular weight is 521 g/mol. The minimum Gasteiger partial charge on any atom is -0.380 e. The fraction of sp³-hybridized carbons (Fsp3) is 0.355. The van der Waals surface area contributed by atoms with E-state index in [4.69, 9.17) is 21.9 Å². The van der Waals surface area contributed by atoms with Gasteiger partial charge in [-0.3, -0.25) is 14.3 Å². The average Bonchev–Trinajstić information content (AvgIpc) is 3.27. The Morgan fingerprint density at radius 2 is 1.92 bits per heavy atom. The molecule has 1 unspecified atom stereocenters. The molecule has 1 saturated heterocycles. The van der Waals surface area contributed by atoms with Crippen LogP contribution in [0.25, 0.3) is 27.8 Å². The molecule has 4 aromatic rings. The summed E-state index contributed by atoms with van der Waals surface area (Å²) in [7, 11) is 4.06. The third kappa shape index (κ3) is 4.05. The molecule has 3 heterocycles. The van der Waals surface area contributed by atoms with Crippen LogP contribution in [0.2, 0.25) is 0 Å². The Balaban J connectivity index is 1.47. The molecule has 1 saturated carbocycles. The van der Waals surface area contributed by atoms with Gasteiger partial charge in [-0.05, 0) is 63.2 Å². The maximum atomic E-state index is 12.2. The molecule has 39 heavy (non-hydrogen) atoms. The number of benzene rings is 2. The highest BCUT2D eigenvalue weighted by atomic mass is 16.5. The van der Waals surface area contributed by atoms with Crippen molar-refractivity contribution in [1.82, 2.24) is 24.4 Å². The van der Waals surface area contributed by atoms with Crippen LogP contribution >= 0.6 is 0 Å². The Kier molecular flexibility index (Phi) is 6.11. The number of hydrogen-bond acceptors (Lipinski definition) is 7. The maximum Gasteiger partial charge on any atom is 0.152 e. The molecule has 2 aromatic heterocycles. The molecule has 1 aliphatic heterocycles. The fourth-order valence-corrected chi connectivity index (χ4v) is 6.31. The van der Waals surface area contributed by atoms with E-state index in [-0.39, 0.29) is 11.5 Å². The van der Waals surface area contributed by atoms with E-state index in [2.05, 4.69) is 33.8 Å². The molecule has 1 atom stereocenters. The lowest BCUT2D eigenvalue weighted by molar-refractivity contribution is -0.189. The smallest absolute Gasteiger partial charge is 0.152 e. The van der Waals surface area contributed by atoms with Gasteiger partial charge in [0.05, 0.1) is 41.5 Å². The number of para-hydroxylation sites is 1. The SMILES string of the molecule is C#Cc1cccc(C=O)c1-n1c(C(CC)N(C)C)nc2ccc(-c3cnc(C4(N)CC5(COC5)C4)nc3)cc21. The van der Waals surface area contributed by atoms with Gasteiger partial charge >= 0.3 is 0 Å². The molecule has 2 fully saturated rings. The van der Waals surface area contributed by atoms with Crippen molar-refractivity contribution in [3.05, 3.63) is 71.6 Å². The number of terminal acetylenes is 1. The molecule has 198 valence electrons. The van der Waals surface area contributed by atoms with Gasteiger partial charge in [-0.25, -0.2) is 15.0 Å². The normalized spacial score (nSPS) is 17.9. The van der Waals surface area contributed by atoms with Gasteiger partial charge in [0, 0.05) is 34.5 Å². The van der Waals surface area contributed by atoms with Gasteiger partial charge in [0.1, 0.15) is 11.6 Å². The number of imidazole rings is 1. The lowest BCUT2D eigenvalue weighted by atomic mass is 9.56. The first-order valence-corrected chi connectivity index (χ1v) is 13.2. The second-order valence-corrected chi connectivity index (χ2v) is 11.2. The third-order valence-corrected chi connectivity index (χ3v) is 8.19. The number of ether oxygens (including phenoxy) is 1. The summed E-state index contributed by atoms with van der Waals surface area (Å²) in [6.45, 7) is 3.68. The number of nitrogens with two attached hydrogens (primary N) is 1. The second-order valence-electron chi connectivity index (χ2n) is 11.2. The van der Waals surface area contributed by atoms with Crippen LogP contribution in [0.4, 0.5) is 0 Å². The van der Waals surface area contributed by atoms with E-state index >= 15 is 0 Å². The first kappa shape index (κ1) is 25.4. The predicted octanol–water partition coefficient (Wildman–Crippen LogP) is 4.25. The van der Waals surface area contributed by atoms with Crippen LogP contribution < -0.4 is 5.73 Å². The Morgan fingerprint density at radius 1 is 1.18 bits per heavy atom. The van der Waals surface area contributed by atoms with Crippen molar-refractivity contribution in [2.75, 3.05) is 27.3 Å². The highest BCUT2D eigenvalue weighted by Gasteiger charge is 2.58. The monoisotopic (exact) mass is 520 g/mol. The molecule has 6 rings (SSSR count). The van der Waals surface area contributed by atoms with E-state index in [1.54, 1.807) is 12.1 Å². The molecule has 1 spiro atoms. The molecular formula is C31H32N6O2. The fourth-order valence-electron chi connectivity index (χ4n) is 6.31. The Bertz CT molecular complexity index is 1600. The number of rotatable bonds is 7. The van der Waals surface area contributed by atoms with Crippen molar-refractivity contribution >= 4 is 17.3 Å². The summed E-state index contributed by atoms with van der Waals surface area (Å²) in [5, 5.41) is 0. The standard InChI is InChI=1S/C31H32N6O2/c1-5-20-8-7-9-22(15-38)27(20)37-26-12-21(10-11-24(26)35-28(37)25(6-2)36(3)4)23-13-33-29(34-14-23)31(32)16-30(17-31)18-39-19-30/h1,7-15,25H,6,16-19,32H2,2-4H3. The van der Waals surface area contributed by atoms with Crippen molar-refractivity contribution in [2.45, 2.75) is 37.8 Å². The Hall–Kier alpha value is -3.90. The zero-order valence-electron chi connectivity index (χ0n) is 22.5. The summed E-state index contributed by atoms with van der Waals surface area (Å²) >= 11 is 0. The summed E-state index contributed by atoms with van der Waals surface area (Å²) in [6.07, 6.45) is 13.0. The molecular weight excluding hydrogens is 488 g/mol. The van der Waals surface area contributed by atoms with Gasteiger partial charge in [0.25, 0.3) is 0 Å². The number of carbonyl (C=O) groups is 1. The molecule has 0 radical (unpaired) electrons. The number of carbonyl (C=O) groups excluding carboxylic acids is 1. The summed E-state index contributed by atoms with van der Waals surface area (Å²) in [5.74, 6) is 4.27. The van der Waals surface area contributed by atoms with Crippen molar-refractivity contribution in [3.63, 3.8) is 0 Å². The first-order valence-electron chi connectivity index (χ1n) is 13.2. The molecule has 2 N–H and O–H groups in total. The van der Waals surface area contributed by atoms with Gasteiger partial charge in [0.2, 0.25) is 0 Å². The highest BCUT2D eigenvalue weighted by molar-refractivity contribution is 5.89. The van der Waals surface area contributed by atoms with Crippen LogP contribution in [0.1, 0.15) is 59.8 Å². The molecule has 0 bridgehead atoms. The second kappa shape index (κ2) is 9.38. The number of aromatic nitrogens is 4. The summed E-state index contributed by atoms with van der Waals surface area (Å²) in [4.78, 5) is 28.7. The van der Waals surface area contributed by atoms with E-state index in [0.29, 0.717) is 22.6 Å². The van der Waals surface area contributed by atoms with Gasteiger partial charge < -0.3 is 10.5 Å². The van der Waals surface area contributed by atoms with Crippen LogP contribution in [-0.4, -0.2) is 58.0 Å². The first-order chi connectivity index (χ1) is 18.8.